The topological polar surface area (TPSA) is 101 Å². The normalized spacial score (nSPS) is 24.9. The van der Waals surface area contributed by atoms with Crippen molar-refractivity contribution in [3.63, 3.8) is 0 Å². The molecule has 0 bridgehead atoms. The minimum absolute atomic E-state index is 0.0623. The molecule has 35 heavy (non-hydrogen) atoms. The van der Waals surface area contributed by atoms with Crippen LogP contribution in [-0.4, -0.2) is 65.0 Å². The van der Waals surface area contributed by atoms with Crippen molar-refractivity contribution in [3.05, 3.63) is 40.7 Å². The van der Waals surface area contributed by atoms with Gasteiger partial charge in [-0.2, -0.15) is 0 Å². The molecule has 4 rings (SSSR count). The second-order valence-electron chi connectivity index (χ2n) is 10.4. The first-order chi connectivity index (χ1) is 16.7. The van der Waals surface area contributed by atoms with Crippen molar-refractivity contribution >= 4 is 29.1 Å². The molecule has 1 aliphatic carbocycles. The molecule has 0 spiro atoms. The van der Waals surface area contributed by atoms with Crippen LogP contribution in [0.5, 0.6) is 0 Å². The number of hydrogen-bond donors (Lipinski definition) is 2. The number of likely N-dealkylation sites (tertiary alicyclic amines) is 1. The van der Waals surface area contributed by atoms with Gasteiger partial charge in [-0.3, -0.25) is 14.4 Å². The number of esters is 1. The van der Waals surface area contributed by atoms with Crippen molar-refractivity contribution in [1.29, 1.82) is 0 Å². The fraction of sp³-hybridized carbons (Fsp3) is 0.538. The van der Waals surface area contributed by atoms with E-state index in [1.807, 2.05) is 35.7 Å². The zero-order valence-corrected chi connectivity index (χ0v) is 21.6. The molecule has 2 fully saturated rings. The molecule has 2 aromatic rings. The molecular formula is C26H34N4O4S. The first-order valence-electron chi connectivity index (χ1n) is 12.1. The standard InChI is InChI=1S/C26H34N4O4S/c1-26(2,3)29-17-10-11-21(18(14-17)25(33)34-4)30-13-12-19(24(30)32)27-22(31)23-28-20(15-35-23)16-8-6-5-7-9-16/h5-9,15,17-19,21,29H,10-14H2,1-4H3,(H,27,31)/t17?,18?,19-,21?/m0/s1. The lowest BCUT2D eigenvalue weighted by atomic mass is 9.80. The molecular weight excluding hydrogens is 464 g/mol. The van der Waals surface area contributed by atoms with Crippen molar-refractivity contribution < 1.29 is 19.1 Å². The molecule has 1 aromatic heterocycles. The number of carbonyl (C=O) groups excluding carboxylic acids is 3. The maximum Gasteiger partial charge on any atom is 0.310 e. The summed E-state index contributed by atoms with van der Waals surface area (Å²) < 4.78 is 5.10. The number of carbonyl (C=O) groups is 3. The van der Waals surface area contributed by atoms with Crippen molar-refractivity contribution in [2.24, 2.45) is 5.92 Å². The van der Waals surface area contributed by atoms with Crippen molar-refractivity contribution in [2.45, 2.75) is 70.1 Å². The van der Waals surface area contributed by atoms with Crippen LogP contribution in [0.2, 0.25) is 0 Å². The Morgan fingerprint density at radius 1 is 1.14 bits per heavy atom. The maximum absolute atomic E-state index is 13.3. The highest BCUT2D eigenvalue weighted by atomic mass is 32.1. The smallest absolute Gasteiger partial charge is 0.310 e. The third kappa shape index (κ3) is 5.90. The van der Waals surface area contributed by atoms with Gasteiger partial charge in [0, 0.05) is 35.1 Å². The number of rotatable bonds is 6. The Morgan fingerprint density at radius 3 is 2.57 bits per heavy atom. The average Bonchev–Trinajstić information content (AvgIpc) is 3.46. The van der Waals surface area contributed by atoms with Crippen molar-refractivity contribution in [2.75, 3.05) is 13.7 Å². The van der Waals surface area contributed by atoms with Crippen molar-refractivity contribution in [3.8, 4) is 11.3 Å². The van der Waals surface area contributed by atoms with Gasteiger partial charge in [0.1, 0.15) is 6.04 Å². The van der Waals surface area contributed by atoms with Gasteiger partial charge in [-0.1, -0.05) is 30.3 Å². The summed E-state index contributed by atoms with van der Waals surface area (Å²) in [6, 6.07) is 9.02. The molecule has 2 heterocycles. The molecule has 1 saturated heterocycles. The Kier molecular flexibility index (Phi) is 7.56. The minimum Gasteiger partial charge on any atom is -0.469 e. The maximum atomic E-state index is 13.3. The molecule has 1 aromatic carbocycles. The number of methoxy groups -OCH3 is 1. The lowest BCUT2D eigenvalue weighted by molar-refractivity contribution is -0.151. The Hall–Kier alpha value is -2.78. The quantitative estimate of drug-likeness (QED) is 0.593. The van der Waals surface area contributed by atoms with Crippen LogP contribution in [0.15, 0.2) is 35.7 Å². The minimum atomic E-state index is -0.615. The Morgan fingerprint density at radius 2 is 1.89 bits per heavy atom. The van der Waals surface area contributed by atoms with E-state index in [2.05, 4.69) is 36.4 Å². The zero-order valence-electron chi connectivity index (χ0n) is 20.7. The second-order valence-corrected chi connectivity index (χ2v) is 11.2. The summed E-state index contributed by atoms with van der Waals surface area (Å²) >= 11 is 1.26. The van der Waals surface area contributed by atoms with E-state index >= 15 is 0 Å². The van der Waals surface area contributed by atoms with Crippen LogP contribution in [0.25, 0.3) is 11.3 Å². The van der Waals surface area contributed by atoms with Gasteiger partial charge in [-0.15, -0.1) is 11.3 Å². The molecule has 1 aliphatic heterocycles. The van der Waals surface area contributed by atoms with Gasteiger partial charge in [0.15, 0.2) is 5.01 Å². The van der Waals surface area contributed by atoms with Gasteiger partial charge in [0.25, 0.3) is 5.91 Å². The lowest BCUT2D eigenvalue weighted by Gasteiger charge is -2.41. The second kappa shape index (κ2) is 10.5. The summed E-state index contributed by atoms with van der Waals surface area (Å²) in [7, 11) is 1.40. The third-order valence-electron chi connectivity index (χ3n) is 6.67. The van der Waals surface area contributed by atoms with Crippen LogP contribution in [0.4, 0.5) is 0 Å². The lowest BCUT2D eigenvalue weighted by Crippen LogP contribution is -2.55. The molecule has 2 amide bonds. The number of amides is 2. The summed E-state index contributed by atoms with van der Waals surface area (Å²) in [5.74, 6) is -1.16. The Labute approximate surface area is 210 Å². The Bertz CT molecular complexity index is 1060. The van der Waals surface area contributed by atoms with Gasteiger partial charge >= 0.3 is 5.97 Å². The average molecular weight is 499 g/mol. The fourth-order valence-corrected chi connectivity index (χ4v) is 5.91. The molecule has 4 atom stereocenters. The van der Waals surface area contributed by atoms with Crippen LogP contribution >= 0.6 is 11.3 Å². The number of thiazole rings is 1. The first-order valence-corrected chi connectivity index (χ1v) is 13.0. The van der Waals surface area contributed by atoms with Crippen LogP contribution < -0.4 is 10.6 Å². The van der Waals surface area contributed by atoms with E-state index < -0.39 is 6.04 Å². The summed E-state index contributed by atoms with van der Waals surface area (Å²) in [6.45, 7) is 6.82. The molecule has 1 saturated carbocycles. The van der Waals surface area contributed by atoms with Crippen LogP contribution in [0, 0.1) is 5.92 Å². The molecule has 8 nitrogen and oxygen atoms in total. The van der Waals surface area contributed by atoms with E-state index in [1.165, 1.54) is 18.4 Å². The number of hydrogen-bond acceptors (Lipinski definition) is 7. The van der Waals surface area contributed by atoms with E-state index in [1.54, 1.807) is 4.90 Å². The van der Waals surface area contributed by atoms with E-state index in [-0.39, 0.29) is 41.3 Å². The fourth-order valence-electron chi connectivity index (χ4n) is 5.18. The zero-order chi connectivity index (χ0) is 25.2. The van der Waals surface area contributed by atoms with Crippen LogP contribution in [0.1, 0.15) is 56.3 Å². The summed E-state index contributed by atoms with van der Waals surface area (Å²) in [4.78, 5) is 45.0. The SMILES string of the molecule is COC(=O)C1CC(NC(C)(C)C)CCC1N1CC[C@H](NC(=O)c2nc(-c3ccccc3)cs2)C1=O. The van der Waals surface area contributed by atoms with Gasteiger partial charge in [0.05, 0.1) is 18.7 Å². The van der Waals surface area contributed by atoms with Crippen LogP contribution in [-0.2, 0) is 14.3 Å². The highest BCUT2D eigenvalue weighted by Gasteiger charge is 2.45. The summed E-state index contributed by atoms with van der Waals surface area (Å²) in [6.07, 6.45) is 2.72. The number of benzene rings is 1. The molecule has 0 radical (unpaired) electrons. The monoisotopic (exact) mass is 498 g/mol. The first kappa shape index (κ1) is 25.3. The molecule has 2 aliphatic rings. The van der Waals surface area contributed by atoms with E-state index in [4.69, 9.17) is 4.74 Å². The number of nitrogens with zero attached hydrogens (tertiary/aromatic N) is 2. The Balaban J connectivity index is 1.41. The van der Waals surface area contributed by atoms with Crippen LogP contribution in [0.3, 0.4) is 0 Å². The largest absolute Gasteiger partial charge is 0.469 e. The van der Waals surface area contributed by atoms with Crippen molar-refractivity contribution in [1.82, 2.24) is 20.5 Å². The van der Waals surface area contributed by atoms with Gasteiger partial charge < -0.3 is 20.3 Å². The molecule has 9 heteroatoms. The van der Waals surface area contributed by atoms with E-state index in [9.17, 15) is 14.4 Å². The number of ether oxygens (including phenoxy) is 1. The van der Waals surface area contributed by atoms with E-state index in [0.29, 0.717) is 30.8 Å². The molecule has 3 unspecified atom stereocenters. The van der Waals surface area contributed by atoms with Gasteiger partial charge in [0.2, 0.25) is 5.91 Å². The third-order valence-corrected chi connectivity index (χ3v) is 7.51. The predicted octanol–water partition coefficient (Wildman–Crippen LogP) is 3.24. The highest BCUT2D eigenvalue weighted by molar-refractivity contribution is 7.12. The predicted molar refractivity (Wildman–Crippen MR) is 135 cm³/mol. The van der Waals surface area contributed by atoms with E-state index in [0.717, 1.165) is 17.7 Å². The van der Waals surface area contributed by atoms with Gasteiger partial charge in [-0.05, 0) is 46.5 Å². The van der Waals surface area contributed by atoms with Gasteiger partial charge in [-0.25, -0.2) is 4.98 Å². The summed E-state index contributed by atoms with van der Waals surface area (Å²) in [5, 5.41) is 8.62. The number of aromatic nitrogens is 1. The number of nitrogens with one attached hydrogen (secondary N) is 2. The summed E-state index contributed by atoms with van der Waals surface area (Å²) in [5.41, 5.74) is 1.62. The highest BCUT2D eigenvalue weighted by Crippen LogP contribution is 2.33. The molecule has 188 valence electrons. The molecule has 2 N–H and O–H groups in total.